The average Bonchev–Trinajstić information content (AvgIpc) is 2.66. The number of rotatable bonds is 7. The van der Waals surface area contributed by atoms with Crippen LogP contribution in [-0.2, 0) is 19.2 Å². The van der Waals surface area contributed by atoms with Gasteiger partial charge in [-0.1, -0.05) is 12.1 Å². The van der Waals surface area contributed by atoms with Gasteiger partial charge in [-0.25, -0.2) is 19.2 Å². The van der Waals surface area contributed by atoms with Crippen molar-refractivity contribution in [2.45, 2.75) is 24.4 Å². The number of hydrogen-bond acceptors (Lipinski definition) is 10. The number of aliphatic hydroxyl groups excluding tert-OH is 4. The van der Waals surface area contributed by atoms with Crippen molar-refractivity contribution >= 4 is 78.4 Å². The Morgan fingerprint density at radius 2 is 0.968 bits per heavy atom. The number of nitrogens with two attached hydrogens (primary N) is 1. The Morgan fingerprint density at radius 1 is 0.710 bits per heavy atom. The van der Waals surface area contributed by atoms with E-state index in [0.29, 0.717) is 5.69 Å². The van der Waals surface area contributed by atoms with Crippen LogP contribution in [0.15, 0.2) is 24.3 Å². The Kier molecular flexibility index (Phi) is 22.3. The first-order chi connectivity index (χ1) is 13.3. The van der Waals surface area contributed by atoms with Crippen molar-refractivity contribution in [2.24, 2.45) is 0 Å². The van der Waals surface area contributed by atoms with Crippen LogP contribution in [0.2, 0.25) is 0 Å². The molecule has 1 rings (SSSR count). The van der Waals surface area contributed by atoms with Gasteiger partial charge < -0.3 is 51.3 Å². The monoisotopic (exact) mass is 665 g/mol. The van der Waals surface area contributed by atoms with E-state index in [0.717, 1.165) is 5.75 Å². The molecule has 0 saturated carbocycles. The molecule has 0 heterocycles. The zero-order valence-electron chi connectivity index (χ0n) is 15.7. The second kappa shape index (κ2) is 18.9. The molecule has 16 heteroatoms. The molecule has 0 saturated heterocycles. The first-order valence-corrected chi connectivity index (χ1v) is 7.29. The molecule has 4 unspecified atom stereocenters. The van der Waals surface area contributed by atoms with E-state index in [4.69, 9.17) is 51.3 Å². The van der Waals surface area contributed by atoms with Gasteiger partial charge in [-0.15, -0.1) is 0 Å². The van der Waals surface area contributed by atoms with Gasteiger partial charge in [0.1, 0.15) is 5.75 Å². The van der Waals surface area contributed by atoms with Crippen molar-refractivity contribution in [3.8, 4) is 5.75 Å². The van der Waals surface area contributed by atoms with Crippen molar-refractivity contribution in [1.29, 1.82) is 0 Å². The van der Waals surface area contributed by atoms with Crippen molar-refractivity contribution < 1.29 is 64.8 Å². The molecular formula is C15H21NO13Sb2. The maximum absolute atomic E-state index is 9.77. The van der Waals surface area contributed by atoms with E-state index in [1.54, 1.807) is 13.2 Å². The number of carboxylic acids is 4. The van der Waals surface area contributed by atoms with Gasteiger partial charge in [0.15, 0.2) is 24.4 Å². The maximum Gasteiger partial charge on any atom is 0.335 e. The summed E-state index contributed by atoms with van der Waals surface area (Å²) in [6, 6.07) is 7.39. The Balaban J connectivity index is -0.000000171. The summed E-state index contributed by atoms with van der Waals surface area (Å²) in [5.41, 5.74) is 6.19. The van der Waals surface area contributed by atoms with Crippen LogP contribution in [0.5, 0.6) is 5.75 Å². The molecule has 0 aromatic heterocycles. The van der Waals surface area contributed by atoms with Gasteiger partial charge in [-0.05, 0) is 12.1 Å². The molecule has 14 nitrogen and oxygen atoms in total. The van der Waals surface area contributed by atoms with Crippen LogP contribution in [-0.4, -0.2) is 145 Å². The summed E-state index contributed by atoms with van der Waals surface area (Å²) < 4.78 is 4.92. The maximum atomic E-state index is 9.77. The number of hydrogen-bond donors (Lipinski definition) is 9. The quantitative estimate of drug-likeness (QED) is 0.100. The molecular weight excluding hydrogens is 646 g/mol. The SMILES string of the molecule is COc1ccccc1N.O=C(O)C(O)C(O)C(=O)O.O=C(O)C(O)C(O)C(=O)O.[Sb].[Sb]. The number of aliphatic carboxylic acids is 4. The normalized spacial score (nSPS) is 12.8. The van der Waals surface area contributed by atoms with E-state index in [9.17, 15) is 19.2 Å². The minimum Gasteiger partial charge on any atom is -0.495 e. The van der Waals surface area contributed by atoms with Crippen molar-refractivity contribution in [1.82, 2.24) is 0 Å². The molecule has 0 fully saturated rings. The molecule has 0 bridgehead atoms. The molecule has 31 heavy (non-hydrogen) atoms. The number of methoxy groups -OCH3 is 1. The fourth-order valence-electron chi connectivity index (χ4n) is 1.21. The number of ether oxygens (including phenoxy) is 1. The van der Waals surface area contributed by atoms with E-state index in [2.05, 4.69) is 0 Å². The molecule has 6 radical (unpaired) electrons. The number of anilines is 1. The molecule has 0 aliphatic heterocycles. The van der Waals surface area contributed by atoms with Crippen LogP contribution in [0.3, 0.4) is 0 Å². The standard InChI is InChI=1S/C7H9NO.2C4H6O6.2Sb/c1-9-7-5-3-2-4-6(7)8;2*5-1(3(7)8)2(6)4(9)10;;/h2-5H,8H2,1H3;2*1-2,5-6H,(H,7,8)(H,9,10);;. The molecule has 174 valence electrons. The van der Waals surface area contributed by atoms with Crippen molar-refractivity contribution in [3.05, 3.63) is 24.3 Å². The predicted octanol–water partition coefficient (Wildman–Crippen LogP) is -3.73. The van der Waals surface area contributed by atoms with Crippen LogP contribution in [0, 0.1) is 0 Å². The summed E-state index contributed by atoms with van der Waals surface area (Å²) in [6.45, 7) is 0. The van der Waals surface area contributed by atoms with Gasteiger partial charge in [-0.3, -0.25) is 0 Å². The summed E-state index contributed by atoms with van der Waals surface area (Å²) in [7, 11) is 1.60. The third-order valence-electron chi connectivity index (χ3n) is 2.75. The van der Waals surface area contributed by atoms with E-state index in [1.807, 2.05) is 18.2 Å². The Hall–Kier alpha value is -1.82. The average molecular weight is 667 g/mol. The van der Waals surface area contributed by atoms with Gasteiger partial charge in [0.25, 0.3) is 0 Å². The molecule has 0 amide bonds. The molecule has 0 spiro atoms. The van der Waals surface area contributed by atoms with Crippen LogP contribution in [0.25, 0.3) is 0 Å². The summed E-state index contributed by atoms with van der Waals surface area (Å²) in [5, 5.41) is 65.1. The smallest absolute Gasteiger partial charge is 0.335 e. The largest absolute Gasteiger partial charge is 0.495 e. The number of para-hydroxylation sites is 2. The zero-order chi connectivity index (χ0) is 23.3. The summed E-state index contributed by atoms with van der Waals surface area (Å²) in [4.78, 5) is 39.1. The zero-order valence-corrected chi connectivity index (χ0v) is 20.8. The van der Waals surface area contributed by atoms with Gasteiger partial charge in [0.05, 0.1) is 12.8 Å². The van der Waals surface area contributed by atoms with Crippen LogP contribution in [0.4, 0.5) is 5.69 Å². The van der Waals surface area contributed by atoms with Gasteiger partial charge >= 0.3 is 23.9 Å². The molecule has 0 aliphatic rings. The fraction of sp³-hybridized carbons (Fsp3) is 0.333. The molecule has 1 aromatic carbocycles. The van der Waals surface area contributed by atoms with Crippen molar-refractivity contribution in [3.63, 3.8) is 0 Å². The number of aliphatic hydroxyl groups is 4. The molecule has 10 N–H and O–H groups in total. The number of benzene rings is 1. The minimum atomic E-state index is -2.27. The summed E-state index contributed by atoms with van der Waals surface area (Å²) >= 11 is 0. The van der Waals surface area contributed by atoms with E-state index in [1.165, 1.54) is 0 Å². The molecule has 4 atom stereocenters. The van der Waals surface area contributed by atoms with E-state index >= 15 is 0 Å². The number of carboxylic acid groups (broad SMARTS) is 4. The first-order valence-electron chi connectivity index (χ1n) is 7.29. The Bertz CT molecular complexity index is 631. The van der Waals surface area contributed by atoms with Crippen molar-refractivity contribution in [2.75, 3.05) is 12.8 Å². The number of nitrogen functional groups attached to an aromatic ring is 1. The van der Waals surface area contributed by atoms with Crippen LogP contribution < -0.4 is 10.5 Å². The topological polar surface area (TPSA) is 265 Å². The second-order valence-corrected chi connectivity index (χ2v) is 4.87. The van der Waals surface area contributed by atoms with Crippen LogP contribution in [0.1, 0.15) is 0 Å². The second-order valence-electron chi connectivity index (χ2n) is 4.87. The minimum absolute atomic E-state index is 0. The third kappa shape index (κ3) is 15.6. The Morgan fingerprint density at radius 3 is 1.13 bits per heavy atom. The Labute approximate surface area is 209 Å². The molecule has 1 aromatic rings. The predicted molar refractivity (Wildman–Crippen MR) is 103 cm³/mol. The third-order valence-corrected chi connectivity index (χ3v) is 2.75. The van der Waals surface area contributed by atoms with Crippen LogP contribution >= 0.6 is 0 Å². The van der Waals surface area contributed by atoms with Gasteiger partial charge in [-0.2, -0.15) is 0 Å². The summed E-state index contributed by atoms with van der Waals surface area (Å²) in [6.07, 6.45) is -9.06. The molecule has 0 aliphatic carbocycles. The van der Waals surface area contributed by atoms with Gasteiger partial charge in [0.2, 0.25) is 0 Å². The van der Waals surface area contributed by atoms with E-state index < -0.39 is 48.3 Å². The number of carbonyl (C=O) groups is 4. The first kappa shape index (κ1) is 36.5. The van der Waals surface area contributed by atoms with Gasteiger partial charge in [0, 0.05) is 48.9 Å². The summed E-state index contributed by atoms with van der Waals surface area (Å²) in [5.74, 6) is -6.34. The van der Waals surface area contributed by atoms with E-state index in [-0.39, 0.29) is 48.9 Å². The fourth-order valence-corrected chi connectivity index (χ4v) is 1.21.